The van der Waals surface area contributed by atoms with Crippen molar-refractivity contribution < 1.29 is 4.74 Å². The summed E-state index contributed by atoms with van der Waals surface area (Å²) in [5.74, 6) is 2.13. The molecule has 1 aromatic rings. The molecule has 0 saturated carbocycles. The van der Waals surface area contributed by atoms with E-state index in [1.165, 1.54) is 6.42 Å². The van der Waals surface area contributed by atoms with E-state index in [-0.39, 0.29) is 5.95 Å². The molecule has 1 heterocycles. The maximum absolute atomic E-state index is 5.59. The highest BCUT2D eigenvalue weighted by Gasteiger charge is 2.07. The van der Waals surface area contributed by atoms with E-state index in [4.69, 9.17) is 10.5 Å². The molecule has 1 unspecified atom stereocenters. The Hall–Kier alpha value is -1.52. The highest BCUT2D eigenvalue weighted by atomic mass is 16.5. The summed E-state index contributed by atoms with van der Waals surface area (Å²) < 4.78 is 5.04. The first-order valence-corrected chi connectivity index (χ1v) is 5.96. The average molecular weight is 238 g/mol. The lowest BCUT2D eigenvalue weighted by Crippen LogP contribution is -2.17. The lowest BCUT2D eigenvalue weighted by molar-refractivity contribution is 0.398. The predicted molar refractivity (Wildman–Crippen MR) is 70.2 cm³/mol. The minimum atomic E-state index is 0.225. The second kappa shape index (κ2) is 6.27. The van der Waals surface area contributed by atoms with Gasteiger partial charge >= 0.3 is 0 Å². The fourth-order valence-electron chi connectivity index (χ4n) is 1.53. The molecule has 5 nitrogen and oxygen atoms in total. The fraction of sp³-hybridized carbons (Fsp3) is 0.667. The molecule has 1 atom stereocenters. The standard InChI is InChI=1S/C12H22N4O/c1-8(2)5-6-9(3)14-10-7-11(17-4)16-12(13)15-10/h7-9H,5-6H2,1-4H3,(H3,13,14,15,16). The van der Waals surface area contributed by atoms with E-state index in [0.717, 1.165) is 6.42 Å². The number of hydrogen-bond acceptors (Lipinski definition) is 5. The average Bonchev–Trinajstić information content (AvgIpc) is 2.25. The van der Waals surface area contributed by atoms with Gasteiger partial charge in [-0.2, -0.15) is 9.97 Å². The summed E-state index contributed by atoms with van der Waals surface area (Å²) in [7, 11) is 1.56. The zero-order valence-electron chi connectivity index (χ0n) is 11.0. The van der Waals surface area contributed by atoms with Crippen LogP contribution < -0.4 is 15.8 Å². The largest absolute Gasteiger partial charge is 0.481 e. The van der Waals surface area contributed by atoms with Gasteiger partial charge in [-0.3, -0.25) is 0 Å². The van der Waals surface area contributed by atoms with Gasteiger partial charge in [-0.25, -0.2) is 0 Å². The summed E-state index contributed by atoms with van der Waals surface area (Å²) in [6.45, 7) is 6.57. The normalized spacial score (nSPS) is 12.5. The van der Waals surface area contributed by atoms with E-state index in [0.29, 0.717) is 23.7 Å². The van der Waals surface area contributed by atoms with E-state index in [1.54, 1.807) is 13.2 Å². The molecule has 0 aliphatic rings. The van der Waals surface area contributed by atoms with Crippen LogP contribution in [0, 0.1) is 5.92 Å². The smallest absolute Gasteiger partial charge is 0.225 e. The Labute approximate surface area is 103 Å². The van der Waals surface area contributed by atoms with Crippen molar-refractivity contribution >= 4 is 11.8 Å². The first-order chi connectivity index (χ1) is 8.01. The first-order valence-electron chi connectivity index (χ1n) is 5.96. The third-order valence-corrected chi connectivity index (χ3v) is 2.50. The molecule has 0 fully saturated rings. The number of nitrogens with zero attached hydrogens (tertiary/aromatic N) is 2. The molecule has 0 spiro atoms. The lowest BCUT2D eigenvalue weighted by atomic mass is 10.0. The van der Waals surface area contributed by atoms with Gasteiger partial charge < -0.3 is 15.8 Å². The van der Waals surface area contributed by atoms with Gasteiger partial charge in [-0.15, -0.1) is 0 Å². The number of aromatic nitrogens is 2. The van der Waals surface area contributed by atoms with Crippen LogP contribution in [-0.4, -0.2) is 23.1 Å². The van der Waals surface area contributed by atoms with Crippen LogP contribution in [-0.2, 0) is 0 Å². The minimum Gasteiger partial charge on any atom is -0.481 e. The van der Waals surface area contributed by atoms with Gasteiger partial charge in [0.25, 0.3) is 0 Å². The number of nitrogens with one attached hydrogen (secondary N) is 1. The fourth-order valence-corrected chi connectivity index (χ4v) is 1.53. The van der Waals surface area contributed by atoms with Crippen LogP contribution in [0.1, 0.15) is 33.6 Å². The Morgan fingerprint density at radius 3 is 2.59 bits per heavy atom. The van der Waals surface area contributed by atoms with Crippen LogP contribution in [0.2, 0.25) is 0 Å². The molecule has 0 amide bonds. The Morgan fingerprint density at radius 1 is 1.29 bits per heavy atom. The summed E-state index contributed by atoms with van der Waals surface area (Å²) in [4.78, 5) is 8.06. The number of methoxy groups -OCH3 is 1. The molecular weight excluding hydrogens is 216 g/mol. The summed E-state index contributed by atoms with van der Waals surface area (Å²) >= 11 is 0. The molecule has 5 heteroatoms. The van der Waals surface area contributed by atoms with E-state index in [1.807, 2.05) is 0 Å². The van der Waals surface area contributed by atoms with Crippen LogP contribution >= 0.6 is 0 Å². The Bertz CT molecular complexity index is 354. The number of hydrogen-bond donors (Lipinski definition) is 2. The summed E-state index contributed by atoms with van der Waals surface area (Å²) in [6.07, 6.45) is 2.29. The van der Waals surface area contributed by atoms with Crippen LogP contribution in [0.4, 0.5) is 11.8 Å². The Kier molecular flexibility index (Phi) is 5.00. The van der Waals surface area contributed by atoms with Crippen LogP contribution in [0.15, 0.2) is 6.07 Å². The van der Waals surface area contributed by atoms with Gasteiger partial charge in [0.05, 0.1) is 7.11 Å². The van der Waals surface area contributed by atoms with Crippen molar-refractivity contribution in [2.24, 2.45) is 5.92 Å². The molecule has 1 rings (SSSR count). The molecule has 0 aromatic carbocycles. The maximum Gasteiger partial charge on any atom is 0.225 e. The van der Waals surface area contributed by atoms with Crippen molar-refractivity contribution in [3.05, 3.63) is 6.07 Å². The Balaban J connectivity index is 2.58. The van der Waals surface area contributed by atoms with Gasteiger partial charge in [0.1, 0.15) is 5.82 Å². The van der Waals surface area contributed by atoms with Crippen LogP contribution in [0.3, 0.4) is 0 Å². The maximum atomic E-state index is 5.59. The monoisotopic (exact) mass is 238 g/mol. The van der Waals surface area contributed by atoms with E-state index in [9.17, 15) is 0 Å². The zero-order chi connectivity index (χ0) is 12.8. The third-order valence-electron chi connectivity index (χ3n) is 2.50. The molecule has 0 bridgehead atoms. The third kappa shape index (κ3) is 4.89. The summed E-state index contributed by atoms with van der Waals surface area (Å²) in [5, 5.41) is 3.30. The molecule has 1 aromatic heterocycles. The SMILES string of the molecule is COc1cc(NC(C)CCC(C)C)nc(N)n1. The second-order valence-corrected chi connectivity index (χ2v) is 4.67. The van der Waals surface area contributed by atoms with Crippen LogP contribution in [0.5, 0.6) is 5.88 Å². The van der Waals surface area contributed by atoms with Gasteiger partial charge in [-0.05, 0) is 25.7 Å². The van der Waals surface area contributed by atoms with Crippen molar-refractivity contribution in [2.75, 3.05) is 18.2 Å². The topological polar surface area (TPSA) is 73.1 Å². The van der Waals surface area contributed by atoms with Crippen molar-refractivity contribution in [3.8, 4) is 5.88 Å². The summed E-state index contributed by atoms with van der Waals surface area (Å²) in [6, 6.07) is 2.11. The van der Waals surface area contributed by atoms with E-state index in [2.05, 4.69) is 36.1 Å². The van der Waals surface area contributed by atoms with Gasteiger partial charge in [0.15, 0.2) is 0 Å². The molecule has 0 saturated heterocycles. The molecule has 96 valence electrons. The number of rotatable bonds is 6. The molecule has 17 heavy (non-hydrogen) atoms. The highest BCUT2D eigenvalue weighted by molar-refractivity contribution is 5.43. The van der Waals surface area contributed by atoms with Gasteiger partial charge in [0, 0.05) is 12.1 Å². The number of nitrogens with two attached hydrogens (primary N) is 1. The second-order valence-electron chi connectivity index (χ2n) is 4.67. The number of nitrogen functional groups attached to an aromatic ring is 1. The van der Waals surface area contributed by atoms with Crippen molar-refractivity contribution in [1.29, 1.82) is 0 Å². The molecule has 0 radical (unpaired) electrons. The first kappa shape index (κ1) is 13.5. The lowest BCUT2D eigenvalue weighted by Gasteiger charge is -2.16. The Morgan fingerprint density at radius 2 is 2.00 bits per heavy atom. The number of anilines is 2. The molecule has 3 N–H and O–H groups in total. The summed E-state index contributed by atoms with van der Waals surface area (Å²) in [5.41, 5.74) is 5.59. The van der Waals surface area contributed by atoms with E-state index < -0.39 is 0 Å². The van der Waals surface area contributed by atoms with E-state index >= 15 is 0 Å². The predicted octanol–water partition coefficient (Wildman–Crippen LogP) is 2.30. The number of ether oxygens (including phenoxy) is 1. The molecular formula is C12H22N4O. The minimum absolute atomic E-state index is 0.225. The molecule has 0 aliphatic carbocycles. The van der Waals surface area contributed by atoms with Crippen LogP contribution in [0.25, 0.3) is 0 Å². The van der Waals surface area contributed by atoms with Crippen molar-refractivity contribution in [2.45, 2.75) is 39.7 Å². The van der Waals surface area contributed by atoms with Gasteiger partial charge in [0.2, 0.25) is 11.8 Å². The highest BCUT2D eigenvalue weighted by Crippen LogP contribution is 2.16. The van der Waals surface area contributed by atoms with Gasteiger partial charge in [-0.1, -0.05) is 13.8 Å². The zero-order valence-corrected chi connectivity index (χ0v) is 11.0. The van der Waals surface area contributed by atoms with Crippen molar-refractivity contribution in [3.63, 3.8) is 0 Å². The van der Waals surface area contributed by atoms with Crippen molar-refractivity contribution in [1.82, 2.24) is 9.97 Å². The molecule has 0 aliphatic heterocycles. The quantitative estimate of drug-likeness (QED) is 0.795.